The molecule has 0 aliphatic heterocycles. The van der Waals surface area contributed by atoms with Gasteiger partial charge in [-0.3, -0.25) is 4.79 Å². The molecule has 1 amide bonds. The molecule has 0 unspecified atom stereocenters. The quantitative estimate of drug-likeness (QED) is 0.383. The number of rotatable bonds is 7. The highest BCUT2D eigenvalue weighted by atomic mass is 35.5. The van der Waals surface area contributed by atoms with Crippen molar-refractivity contribution >= 4 is 23.2 Å². The second-order valence-electron chi connectivity index (χ2n) is 6.98. The normalized spacial score (nSPS) is 10.6. The Bertz CT molecular complexity index is 1170. The van der Waals surface area contributed by atoms with Gasteiger partial charge in [-0.1, -0.05) is 64.8 Å². The third kappa shape index (κ3) is 5.49. The molecule has 0 fully saturated rings. The number of amides is 1. The van der Waals surface area contributed by atoms with Crippen LogP contribution in [-0.2, 0) is 11.2 Å². The third-order valence-corrected chi connectivity index (χ3v) is 4.77. The summed E-state index contributed by atoms with van der Waals surface area (Å²) in [5.41, 5.74) is 2.51. The van der Waals surface area contributed by atoms with Gasteiger partial charge in [0.25, 0.3) is 0 Å². The van der Waals surface area contributed by atoms with Gasteiger partial charge in [-0.2, -0.15) is 4.98 Å². The van der Waals surface area contributed by atoms with Crippen molar-refractivity contribution < 1.29 is 14.1 Å². The van der Waals surface area contributed by atoms with Gasteiger partial charge in [-0.25, -0.2) is 0 Å². The molecule has 1 N–H and O–H groups in total. The summed E-state index contributed by atoms with van der Waals surface area (Å²) in [4.78, 5) is 16.9. The van der Waals surface area contributed by atoms with E-state index in [0.29, 0.717) is 40.3 Å². The molecule has 6 nitrogen and oxygen atoms in total. The van der Waals surface area contributed by atoms with Crippen LogP contribution in [0.4, 0.5) is 5.69 Å². The smallest absolute Gasteiger partial charge is 0.227 e. The zero-order valence-electron chi connectivity index (χ0n) is 16.8. The van der Waals surface area contributed by atoms with Crippen molar-refractivity contribution in [2.45, 2.75) is 19.8 Å². The maximum Gasteiger partial charge on any atom is 0.227 e. The number of carbonyl (C=O) groups is 1. The summed E-state index contributed by atoms with van der Waals surface area (Å²) < 4.78 is 11.2. The molecule has 0 atom stereocenters. The maximum atomic E-state index is 12.5. The Balaban J connectivity index is 1.39. The molecule has 0 radical (unpaired) electrons. The highest BCUT2D eigenvalue weighted by molar-refractivity contribution is 6.31. The summed E-state index contributed by atoms with van der Waals surface area (Å²) in [6, 6.07) is 22.2. The van der Waals surface area contributed by atoms with Crippen LogP contribution in [0.3, 0.4) is 0 Å². The van der Waals surface area contributed by atoms with E-state index in [0.717, 1.165) is 11.1 Å². The van der Waals surface area contributed by atoms with Crippen molar-refractivity contribution in [2.75, 3.05) is 5.32 Å². The molecule has 7 heteroatoms. The fourth-order valence-electron chi connectivity index (χ4n) is 2.91. The predicted octanol–water partition coefficient (Wildman–Crippen LogP) is 6.06. The largest absolute Gasteiger partial charge is 0.455 e. The van der Waals surface area contributed by atoms with E-state index in [1.54, 1.807) is 18.2 Å². The fourth-order valence-corrected chi connectivity index (χ4v) is 3.09. The number of halogens is 1. The SMILES string of the molecule is Cc1ccc(-c2noc(CCC(=O)Nc3cc(Cl)ccc3Oc3ccccc3)n2)cc1. The number of nitrogens with one attached hydrogen (secondary N) is 1. The van der Waals surface area contributed by atoms with Crippen molar-refractivity contribution in [3.63, 3.8) is 0 Å². The molecule has 0 aliphatic carbocycles. The standard InChI is InChI=1S/C24H20ClN3O3/c1-16-7-9-17(10-8-16)24-27-23(31-28-24)14-13-22(29)26-20-15-18(25)11-12-21(20)30-19-5-3-2-4-6-19/h2-12,15H,13-14H2,1H3,(H,26,29). The molecule has 4 aromatic rings. The number of para-hydroxylation sites is 1. The highest BCUT2D eigenvalue weighted by Gasteiger charge is 2.13. The zero-order valence-corrected chi connectivity index (χ0v) is 17.6. The first-order valence-corrected chi connectivity index (χ1v) is 10.2. The van der Waals surface area contributed by atoms with E-state index in [1.165, 1.54) is 0 Å². The number of nitrogens with zero attached hydrogens (tertiary/aromatic N) is 2. The first kappa shape index (κ1) is 20.6. The number of ether oxygens (including phenoxy) is 1. The molecule has 1 aromatic heterocycles. The fraction of sp³-hybridized carbons (Fsp3) is 0.125. The van der Waals surface area contributed by atoms with Gasteiger partial charge >= 0.3 is 0 Å². The number of hydrogen-bond acceptors (Lipinski definition) is 5. The van der Waals surface area contributed by atoms with Crippen LogP contribution in [0.1, 0.15) is 17.9 Å². The Kier molecular flexibility index (Phi) is 6.29. The molecule has 3 aromatic carbocycles. The minimum Gasteiger partial charge on any atom is -0.455 e. The summed E-state index contributed by atoms with van der Waals surface area (Å²) in [6.07, 6.45) is 0.493. The lowest BCUT2D eigenvalue weighted by atomic mass is 10.1. The number of carbonyl (C=O) groups excluding carboxylic acids is 1. The molecular formula is C24H20ClN3O3. The van der Waals surface area contributed by atoms with Crippen LogP contribution in [0.2, 0.25) is 5.02 Å². The first-order chi connectivity index (χ1) is 15.1. The van der Waals surface area contributed by atoms with E-state index in [4.69, 9.17) is 20.9 Å². The van der Waals surface area contributed by atoms with Gasteiger partial charge < -0.3 is 14.6 Å². The number of benzene rings is 3. The van der Waals surface area contributed by atoms with E-state index in [1.807, 2.05) is 61.5 Å². The Hall–Kier alpha value is -3.64. The molecule has 156 valence electrons. The number of hydrogen-bond donors (Lipinski definition) is 1. The maximum absolute atomic E-state index is 12.5. The Labute approximate surface area is 184 Å². The van der Waals surface area contributed by atoms with Crippen LogP contribution >= 0.6 is 11.6 Å². The Morgan fingerprint density at radius 3 is 2.61 bits per heavy atom. The molecule has 0 saturated heterocycles. The van der Waals surface area contributed by atoms with Crippen molar-refractivity contribution in [1.29, 1.82) is 0 Å². The van der Waals surface area contributed by atoms with Crippen LogP contribution in [0.15, 0.2) is 77.3 Å². The Morgan fingerprint density at radius 2 is 1.84 bits per heavy atom. The highest BCUT2D eigenvalue weighted by Crippen LogP contribution is 2.32. The minimum absolute atomic E-state index is 0.173. The third-order valence-electron chi connectivity index (χ3n) is 4.53. The first-order valence-electron chi connectivity index (χ1n) is 9.79. The predicted molar refractivity (Wildman–Crippen MR) is 119 cm³/mol. The summed E-state index contributed by atoms with van der Waals surface area (Å²) in [5.74, 6) is 1.86. The van der Waals surface area contributed by atoms with Gasteiger partial charge in [-0.15, -0.1) is 0 Å². The van der Waals surface area contributed by atoms with Crippen LogP contribution < -0.4 is 10.1 Å². The number of aryl methyl sites for hydroxylation is 2. The molecule has 0 bridgehead atoms. The van der Waals surface area contributed by atoms with E-state index in [2.05, 4.69) is 15.5 Å². The number of anilines is 1. The van der Waals surface area contributed by atoms with Crippen LogP contribution in [0.25, 0.3) is 11.4 Å². The molecule has 0 saturated carbocycles. The molecule has 31 heavy (non-hydrogen) atoms. The summed E-state index contributed by atoms with van der Waals surface area (Å²) >= 11 is 6.11. The van der Waals surface area contributed by atoms with Gasteiger partial charge in [-0.05, 0) is 37.3 Å². The summed E-state index contributed by atoms with van der Waals surface area (Å²) in [6.45, 7) is 2.01. The van der Waals surface area contributed by atoms with E-state index in [-0.39, 0.29) is 12.3 Å². The monoisotopic (exact) mass is 433 g/mol. The van der Waals surface area contributed by atoms with Crippen molar-refractivity contribution in [2.24, 2.45) is 0 Å². The van der Waals surface area contributed by atoms with Gasteiger partial charge in [0, 0.05) is 23.4 Å². The topological polar surface area (TPSA) is 77.2 Å². The van der Waals surface area contributed by atoms with Gasteiger partial charge in [0.1, 0.15) is 5.75 Å². The molecule has 1 heterocycles. The second kappa shape index (κ2) is 9.45. The van der Waals surface area contributed by atoms with Crippen LogP contribution in [0, 0.1) is 6.92 Å². The zero-order chi connectivity index (χ0) is 21.6. The Morgan fingerprint density at radius 1 is 1.06 bits per heavy atom. The van der Waals surface area contributed by atoms with E-state index >= 15 is 0 Å². The van der Waals surface area contributed by atoms with Crippen molar-refractivity contribution in [3.05, 3.63) is 89.3 Å². The number of aromatic nitrogens is 2. The van der Waals surface area contributed by atoms with E-state index < -0.39 is 0 Å². The lowest BCUT2D eigenvalue weighted by Gasteiger charge is -2.12. The van der Waals surface area contributed by atoms with Gasteiger partial charge in [0.05, 0.1) is 5.69 Å². The van der Waals surface area contributed by atoms with Crippen molar-refractivity contribution in [3.8, 4) is 22.9 Å². The molecular weight excluding hydrogens is 414 g/mol. The van der Waals surface area contributed by atoms with Crippen LogP contribution in [-0.4, -0.2) is 16.0 Å². The molecule has 0 aliphatic rings. The van der Waals surface area contributed by atoms with Crippen LogP contribution in [0.5, 0.6) is 11.5 Å². The van der Waals surface area contributed by atoms with Crippen molar-refractivity contribution in [1.82, 2.24) is 10.1 Å². The lowest BCUT2D eigenvalue weighted by molar-refractivity contribution is -0.116. The molecule has 4 rings (SSSR count). The second-order valence-corrected chi connectivity index (χ2v) is 7.42. The van der Waals surface area contributed by atoms with Gasteiger partial charge in [0.2, 0.25) is 17.6 Å². The van der Waals surface area contributed by atoms with Gasteiger partial charge in [0.15, 0.2) is 5.75 Å². The lowest BCUT2D eigenvalue weighted by Crippen LogP contribution is -2.13. The average molecular weight is 434 g/mol. The van der Waals surface area contributed by atoms with E-state index in [9.17, 15) is 4.79 Å². The average Bonchev–Trinajstić information content (AvgIpc) is 3.25. The minimum atomic E-state index is -0.213. The summed E-state index contributed by atoms with van der Waals surface area (Å²) in [5, 5.41) is 7.34. The molecule has 0 spiro atoms. The summed E-state index contributed by atoms with van der Waals surface area (Å²) in [7, 11) is 0.